The van der Waals surface area contributed by atoms with Crippen molar-refractivity contribution < 1.29 is 9.90 Å². The molecule has 94 valence electrons. The van der Waals surface area contributed by atoms with E-state index < -0.39 is 5.97 Å². The van der Waals surface area contributed by atoms with E-state index in [0.717, 1.165) is 32.5 Å². The molecule has 0 aromatic carbocycles. The lowest BCUT2D eigenvalue weighted by molar-refractivity contribution is -0.130. The first-order valence-corrected chi connectivity index (χ1v) is 6.40. The van der Waals surface area contributed by atoms with Crippen LogP contribution in [0.15, 0.2) is 0 Å². The van der Waals surface area contributed by atoms with Crippen molar-refractivity contribution in [3.8, 4) is 11.8 Å². The summed E-state index contributed by atoms with van der Waals surface area (Å²) in [7, 11) is 0. The summed E-state index contributed by atoms with van der Waals surface area (Å²) in [5.41, 5.74) is 0. The Kier molecular flexibility index (Phi) is 4.03. The van der Waals surface area contributed by atoms with E-state index in [2.05, 4.69) is 28.6 Å². The number of carboxylic acids is 1. The molecule has 0 aromatic heterocycles. The van der Waals surface area contributed by atoms with Gasteiger partial charge in [0.2, 0.25) is 0 Å². The van der Waals surface area contributed by atoms with Gasteiger partial charge in [-0.25, -0.2) is 4.79 Å². The topological polar surface area (TPSA) is 43.8 Å². The molecule has 1 saturated heterocycles. The van der Waals surface area contributed by atoms with Gasteiger partial charge < -0.3 is 10.0 Å². The fourth-order valence-electron chi connectivity index (χ4n) is 2.61. The van der Waals surface area contributed by atoms with Gasteiger partial charge >= 0.3 is 5.97 Å². The normalized spacial score (nSPS) is 30.2. The van der Waals surface area contributed by atoms with Crippen LogP contribution in [0.4, 0.5) is 0 Å². The smallest absolute Gasteiger partial charge is 0.381 e. The molecule has 1 saturated carbocycles. The lowest BCUT2D eigenvalue weighted by Gasteiger charge is -2.45. The van der Waals surface area contributed by atoms with E-state index in [1.807, 2.05) is 0 Å². The molecule has 1 aliphatic carbocycles. The molecule has 2 fully saturated rings. The van der Waals surface area contributed by atoms with Gasteiger partial charge in [0, 0.05) is 44.1 Å². The van der Waals surface area contributed by atoms with Crippen LogP contribution in [0.3, 0.4) is 0 Å². The molecule has 4 heteroatoms. The van der Waals surface area contributed by atoms with Gasteiger partial charge in [-0.05, 0) is 19.4 Å². The Morgan fingerprint density at radius 1 is 1.29 bits per heavy atom. The van der Waals surface area contributed by atoms with Gasteiger partial charge in [0.1, 0.15) is 0 Å². The van der Waals surface area contributed by atoms with Crippen LogP contribution in [0.1, 0.15) is 19.8 Å². The van der Waals surface area contributed by atoms with Crippen molar-refractivity contribution in [1.82, 2.24) is 9.80 Å². The molecule has 17 heavy (non-hydrogen) atoms. The van der Waals surface area contributed by atoms with E-state index in [-0.39, 0.29) is 0 Å². The summed E-state index contributed by atoms with van der Waals surface area (Å²) in [5, 5.41) is 8.46. The molecular weight excluding hydrogens is 216 g/mol. The monoisotopic (exact) mass is 236 g/mol. The number of piperazine rings is 1. The number of likely N-dealkylation sites (N-methyl/N-ethyl adjacent to an activating group) is 1. The molecule has 1 heterocycles. The summed E-state index contributed by atoms with van der Waals surface area (Å²) in [5.74, 6) is 4.34. The Bertz CT molecular complexity index is 331. The first-order valence-electron chi connectivity index (χ1n) is 6.40. The summed E-state index contributed by atoms with van der Waals surface area (Å²) in [6.45, 7) is 7.98. The van der Waals surface area contributed by atoms with Gasteiger partial charge in [0.25, 0.3) is 0 Å². The number of rotatable bonds is 2. The third kappa shape index (κ3) is 3.21. The van der Waals surface area contributed by atoms with E-state index in [9.17, 15) is 4.79 Å². The fraction of sp³-hybridized carbons (Fsp3) is 0.769. The highest BCUT2D eigenvalue weighted by Crippen LogP contribution is 2.31. The van der Waals surface area contributed by atoms with Gasteiger partial charge in [-0.1, -0.05) is 12.8 Å². The van der Waals surface area contributed by atoms with Crippen LogP contribution in [0.2, 0.25) is 0 Å². The molecule has 0 aromatic rings. The summed E-state index contributed by atoms with van der Waals surface area (Å²) in [6, 6.07) is 0.641. The highest BCUT2D eigenvalue weighted by molar-refractivity contribution is 5.86. The molecule has 0 amide bonds. The number of hydrogen-bond donors (Lipinski definition) is 1. The first-order chi connectivity index (χ1) is 8.19. The summed E-state index contributed by atoms with van der Waals surface area (Å²) < 4.78 is 0. The van der Waals surface area contributed by atoms with Crippen molar-refractivity contribution in [2.75, 3.05) is 32.7 Å². The van der Waals surface area contributed by atoms with Crippen LogP contribution in [-0.2, 0) is 4.79 Å². The zero-order valence-corrected chi connectivity index (χ0v) is 10.4. The van der Waals surface area contributed by atoms with Crippen molar-refractivity contribution >= 4 is 5.97 Å². The fourth-order valence-corrected chi connectivity index (χ4v) is 2.61. The van der Waals surface area contributed by atoms with Crippen LogP contribution >= 0.6 is 0 Å². The number of carboxylic acid groups (broad SMARTS) is 1. The van der Waals surface area contributed by atoms with Crippen molar-refractivity contribution in [3.63, 3.8) is 0 Å². The van der Waals surface area contributed by atoms with Crippen LogP contribution in [0, 0.1) is 17.8 Å². The third-order valence-corrected chi connectivity index (χ3v) is 3.87. The second-order valence-corrected chi connectivity index (χ2v) is 4.87. The third-order valence-electron chi connectivity index (χ3n) is 3.87. The number of aliphatic carboxylic acids is 1. The largest absolute Gasteiger partial charge is 0.472 e. The van der Waals surface area contributed by atoms with Gasteiger partial charge in [-0.3, -0.25) is 4.90 Å². The Morgan fingerprint density at radius 2 is 1.94 bits per heavy atom. The van der Waals surface area contributed by atoms with Gasteiger partial charge in [0.15, 0.2) is 0 Å². The van der Waals surface area contributed by atoms with Crippen LogP contribution in [-0.4, -0.2) is 59.6 Å². The Hall–Kier alpha value is -1.05. The molecule has 1 N–H and O–H groups in total. The SMILES string of the molecule is CCN1CCN(C2CC(C#CC(=O)O)C2)CC1. The number of hydrogen-bond acceptors (Lipinski definition) is 3. The maximum Gasteiger partial charge on any atom is 0.381 e. The average molecular weight is 236 g/mol. The molecule has 2 rings (SSSR count). The van der Waals surface area contributed by atoms with Crippen molar-refractivity contribution in [3.05, 3.63) is 0 Å². The van der Waals surface area contributed by atoms with Crippen molar-refractivity contribution in [2.24, 2.45) is 5.92 Å². The minimum atomic E-state index is -1.01. The molecule has 0 radical (unpaired) electrons. The maximum atomic E-state index is 10.3. The predicted molar refractivity (Wildman–Crippen MR) is 65.6 cm³/mol. The first kappa shape index (κ1) is 12.4. The van der Waals surface area contributed by atoms with E-state index in [4.69, 9.17) is 5.11 Å². The molecule has 0 unspecified atom stereocenters. The summed E-state index contributed by atoms with van der Waals surface area (Å²) in [4.78, 5) is 15.3. The predicted octanol–water partition coefficient (Wildman–Crippen LogP) is 0.490. The van der Waals surface area contributed by atoms with E-state index in [1.165, 1.54) is 13.1 Å². The Labute approximate surface area is 103 Å². The van der Waals surface area contributed by atoms with Gasteiger partial charge in [-0.2, -0.15) is 0 Å². The molecule has 2 aliphatic rings. The van der Waals surface area contributed by atoms with E-state index in [1.54, 1.807) is 0 Å². The molecule has 4 nitrogen and oxygen atoms in total. The maximum absolute atomic E-state index is 10.3. The zero-order chi connectivity index (χ0) is 12.3. The summed E-state index contributed by atoms with van der Waals surface area (Å²) >= 11 is 0. The van der Waals surface area contributed by atoms with Gasteiger partial charge in [0.05, 0.1) is 0 Å². The second kappa shape index (κ2) is 5.52. The van der Waals surface area contributed by atoms with Gasteiger partial charge in [-0.15, -0.1) is 0 Å². The average Bonchev–Trinajstić information content (AvgIpc) is 2.27. The molecule has 0 atom stereocenters. The quantitative estimate of drug-likeness (QED) is 0.709. The lowest BCUT2D eigenvalue weighted by atomic mass is 9.79. The van der Waals surface area contributed by atoms with E-state index in [0.29, 0.717) is 12.0 Å². The highest BCUT2D eigenvalue weighted by Gasteiger charge is 2.33. The Morgan fingerprint density at radius 3 is 2.47 bits per heavy atom. The van der Waals surface area contributed by atoms with Crippen molar-refractivity contribution in [2.45, 2.75) is 25.8 Å². The highest BCUT2D eigenvalue weighted by atomic mass is 16.4. The lowest BCUT2D eigenvalue weighted by Crippen LogP contribution is -2.53. The van der Waals surface area contributed by atoms with Crippen molar-refractivity contribution in [1.29, 1.82) is 0 Å². The minimum absolute atomic E-state index is 0.306. The standard InChI is InChI=1S/C13H20N2O2/c1-2-14-5-7-15(8-6-14)12-9-11(10-12)3-4-13(16)17/h11-12H,2,5-10H2,1H3,(H,16,17). The minimum Gasteiger partial charge on any atom is -0.472 e. The summed E-state index contributed by atoms with van der Waals surface area (Å²) in [6.07, 6.45) is 2.10. The molecule has 0 bridgehead atoms. The van der Waals surface area contributed by atoms with E-state index >= 15 is 0 Å². The Balaban J connectivity index is 1.71. The van der Waals surface area contributed by atoms with Crippen LogP contribution in [0.5, 0.6) is 0 Å². The number of carbonyl (C=O) groups is 1. The molecule has 0 spiro atoms. The second-order valence-electron chi connectivity index (χ2n) is 4.87. The van der Waals surface area contributed by atoms with Crippen LogP contribution < -0.4 is 0 Å². The zero-order valence-electron chi connectivity index (χ0n) is 10.4. The van der Waals surface area contributed by atoms with Crippen LogP contribution in [0.25, 0.3) is 0 Å². The number of nitrogens with zero attached hydrogens (tertiary/aromatic N) is 2. The molecule has 1 aliphatic heterocycles. The molecular formula is C13H20N2O2.